The number of benzene rings is 2. The Bertz CT molecular complexity index is 1080. The van der Waals surface area contributed by atoms with E-state index in [4.69, 9.17) is 9.47 Å². The number of hydrogen-bond donors (Lipinski definition) is 2. The number of rotatable bonds is 6. The number of nitrogens with one attached hydrogen (secondary N) is 2. The smallest absolute Gasteiger partial charge is 0.231 e. The number of hydrogen-bond acceptors (Lipinski definition) is 3. The van der Waals surface area contributed by atoms with Crippen molar-refractivity contribution in [2.45, 2.75) is 63.8 Å². The average molecular weight is 419 g/mol. The Kier molecular flexibility index (Phi) is 5.58. The maximum Gasteiger partial charge on any atom is 0.231 e. The van der Waals surface area contributed by atoms with E-state index in [1.165, 1.54) is 30.2 Å². The number of carbonyl (C=O) groups excluding carboxylic acids is 1. The summed E-state index contributed by atoms with van der Waals surface area (Å²) >= 11 is 0. The second-order valence-corrected chi connectivity index (χ2v) is 8.68. The second kappa shape index (κ2) is 8.66. The molecule has 2 N–H and O–H groups in total. The van der Waals surface area contributed by atoms with Gasteiger partial charge in [0.2, 0.25) is 12.7 Å². The van der Waals surface area contributed by atoms with E-state index in [0.717, 1.165) is 47.4 Å². The van der Waals surface area contributed by atoms with E-state index in [0.29, 0.717) is 12.5 Å². The van der Waals surface area contributed by atoms with Crippen molar-refractivity contribution in [3.8, 4) is 11.5 Å². The molecule has 5 heteroatoms. The molecule has 2 heterocycles. The fourth-order valence-corrected chi connectivity index (χ4v) is 5.16. The minimum absolute atomic E-state index is 0.106. The van der Waals surface area contributed by atoms with E-state index in [1.807, 2.05) is 12.1 Å². The molecule has 0 spiro atoms. The van der Waals surface area contributed by atoms with Gasteiger partial charge in [-0.05, 0) is 36.5 Å². The molecule has 5 nitrogen and oxygen atoms in total. The van der Waals surface area contributed by atoms with Crippen LogP contribution in [-0.2, 0) is 11.2 Å². The van der Waals surface area contributed by atoms with E-state index in [1.54, 1.807) is 0 Å². The van der Waals surface area contributed by atoms with E-state index >= 15 is 0 Å². The molecule has 0 unspecified atom stereocenters. The molecule has 3 aromatic rings. The number of carbonyl (C=O) groups is 1. The van der Waals surface area contributed by atoms with Gasteiger partial charge in [0, 0.05) is 41.0 Å². The molecule has 2 aromatic carbocycles. The Hall–Kier alpha value is -2.95. The van der Waals surface area contributed by atoms with Crippen LogP contribution >= 0.6 is 0 Å². The minimum Gasteiger partial charge on any atom is -0.454 e. The maximum absolute atomic E-state index is 13.2. The summed E-state index contributed by atoms with van der Waals surface area (Å²) in [5.41, 5.74) is 4.58. The molecule has 1 fully saturated rings. The van der Waals surface area contributed by atoms with E-state index in [9.17, 15) is 4.79 Å². The molecule has 1 aliphatic heterocycles. The number of fused-ring (bicyclic) bond motifs is 2. The standard InChI is InChI=1S/C26H30N2O3/c1-2-17-8-6-11-19-22(15-27-25(17)19)21(14-24(29)28-18-9-4-3-5-10-18)20-12-7-13-23-26(20)31-16-30-23/h6-8,11-13,15,18,21,27H,2-5,9-10,14,16H2,1H3,(H,28,29)/t21-/m1/s1. The monoisotopic (exact) mass is 418 g/mol. The lowest BCUT2D eigenvalue weighted by Gasteiger charge is -2.24. The number of H-pyrrole nitrogens is 1. The summed E-state index contributed by atoms with van der Waals surface area (Å²) < 4.78 is 11.5. The molecule has 31 heavy (non-hydrogen) atoms. The van der Waals surface area contributed by atoms with Crippen LogP contribution in [0.2, 0.25) is 0 Å². The molecule has 0 bridgehead atoms. The summed E-state index contributed by atoms with van der Waals surface area (Å²) in [7, 11) is 0. The third kappa shape index (κ3) is 3.89. The van der Waals surface area contributed by atoms with Crippen LogP contribution in [0.3, 0.4) is 0 Å². The minimum atomic E-state index is -0.110. The van der Waals surface area contributed by atoms with E-state index < -0.39 is 0 Å². The number of ether oxygens (including phenoxy) is 2. The summed E-state index contributed by atoms with van der Waals surface area (Å²) in [6.45, 7) is 2.39. The van der Waals surface area contributed by atoms with Gasteiger partial charge in [-0.2, -0.15) is 0 Å². The fourth-order valence-electron chi connectivity index (χ4n) is 5.16. The van der Waals surface area contributed by atoms with Crippen LogP contribution in [0.15, 0.2) is 42.6 Å². The first-order valence-electron chi connectivity index (χ1n) is 11.5. The molecular formula is C26H30N2O3. The largest absolute Gasteiger partial charge is 0.454 e. The number of aromatic amines is 1. The fraction of sp³-hybridized carbons (Fsp3) is 0.423. The molecule has 1 amide bonds. The highest BCUT2D eigenvalue weighted by Gasteiger charge is 2.29. The zero-order valence-electron chi connectivity index (χ0n) is 18.1. The number of amides is 1. The van der Waals surface area contributed by atoms with Crippen LogP contribution in [0.25, 0.3) is 10.9 Å². The number of para-hydroxylation sites is 2. The van der Waals surface area contributed by atoms with Crippen LogP contribution in [-0.4, -0.2) is 23.7 Å². The van der Waals surface area contributed by atoms with Crippen LogP contribution in [0.4, 0.5) is 0 Å². The van der Waals surface area contributed by atoms with Gasteiger partial charge in [-0.3, -0.25) is 4.79 Å². The third-order valence-corrected chi connectivity index (χ3v) is 6.75. The first-order chi connectivity index (χ1) is 15.2. The lowest BCUT2D eigenvalue weighted by atomic mass is 9.86. The van der Waals surface area contributed by atoms with E-state index in [-0.39, 0.29) is 18.6 Å². The van der Waals surface area contributed by atoms with Gasteiger partial charge in [0.25, 0.3) is 0 Å². The quantitative estimate of drug-likeness (QED) is 0.561. The topological polar surface area (TPSA) is 63.4 Å². The van der Waals surface area contributed by atoms with Crippen molar-refractivity contribution < 1.29 is 14.3 Å². The first-order valence-corrected chi connectivity index (χ1v) is 11.5. The lowest BCUT2D eigenvalue weighted by molar-refractivity contribution is -0.122. The molecule has 162 valence electrons. The van der Waals surface area contributed by atoms with Gasteiger partial charge in [0.05, 0.1) is 0 Å². The summed E-state index contributed by atoms with van der Waals surface area (Å²) in [5.74, 6) is 1.51. The summed E-state index contributed by atoms with van der Waals surface area (Å²) in [6.07, 6.45) is 9.26. The first kappa shape index (κ1) is 20.0. The van der Waals surface area contributed by atoms with Crippen molar-refractivity contribution in [1.82, 2.24) is 10.3 Å². The normalized spacial score (nSPS) is 17.1. The molecule has 1 saturated carbocycles. The maximum atomic E-state index is 13.2. The van der Waals surface area contributed by atoms with Crippen molar-refractivity contribution in [3.63, 3.8) is 0 Å². The predicted octanol–water partition coefficient (Wildman–Crippen LogP) is 5.43. The summed E-state index contributed by atoms with van der Waals surface area (Å²) in [5, 5.41) is 4.47. The van der Waals surface area contributed by atoms with Gasteiger partial charge in [-0.1, -0.05) is 56.5 Å². The van der Waals surface area contributed by atoms with Crippen LogP contribution in [0.5, 0.6) is 11.5 Å². The van der Waals surface area contributed by atoms with E-state index in [2.05, 4.69) is 47.7 Å². The zero-order chi connectivity index (χ0) is 21.2. The van der Waals surface area contributed by atoms with Gasteiger partial charge >= 0.3 is 0 Å². The number of aromatic nitrogens is 1. The lowest BCUT2D eigenvalue weighted by Crippen LogP contribution is -2.36. The summed E-state index contributed by atoms with van der Waals surface area (Å²) in [6, 6.07) is 12.7. The molecule has 1 aliphatic carbocycles. The highest BCUT2D eigenvalue weighted by molar-refractivity contribution is 5.88. The van der Waals surface area contributed by atoms with Crippen molar-refractivity contribution in [2.75, 3.05) is 6.79 Å². The van der Waals surface area contributed by atoms with Crippen molar-refractivity contribution in [3.05, 3.63) is 59.3 Å². The van der Waals surface area contributed by atoms with Gasteiger partial charge in [-0.25, -0.2) is 0 Å². The predicted molar refractivity (Wildman–Crippen MR) is 122 cm³/mol. The Morgan fingerprint density at radius 3 is 2.77 bits per heavy atom. The SMILES string of the molecule is CCc1cccc2c([C@H](CC(=O)NC3CCCCC3)c3cccc4c3OCO4)c[nH]c12. The van der Waals surface area contributed by atoms with Gasteiger partial charge in [0.1, 0.15) is 0 Å². The van der Waals surface area contributed by atoms with Crippen molar-refractivity contribution in [2.24, 2.45) is 0 Å². The highest BCUT2D eigenvalue weighted by atomic mass is 16.7. The molecule has 2 aliphatic rings. The van der Waals surface area contributed by atoms with Crippen LogP contribution in [0, 0.1) is 0 Å². The van der Waals surface area contributed by atoms with Gasteiger partial charge in [0.15, 0.2) is 11.5 Å². The molecule has 0 saturated heterocycles. The van der Waals surface area contributed by atoms with Crippen LogP contribution in [0.1, 0.15) is 68.1 Å². The van der Waals surface area contributed by atoms with Crippen molar-refractivity contribution >= 4 is 16.8 Å². The number of aryl methyl sites for hydroxylation is 1. The average Bonchev–Trinajstić information content (AvgIpc) is 3.45. The molecule has 0 radical (unpaired) electrons. The second-order valence-electron chi connectivity index (χ2n) is 8.68. The zero-order valence-corrected chi connectivity index (χ0v) is 18.1. The molecule has 1 aromatic heterocycles. The Balaban J connectivity index is 1.52. The summed E-state index contributed by atoms with van der Waals surface area (Å²) in [4.78, 5) is 16.6. The third-order valence-electron chi connectivity index (χ3n) is 6.75. The Morgan fingerprint density at radius 1 is 1.10 bits per heavy atom. The molecular weight excluding hydrogens is 388 g/mol. The van der Waals surface area contributed by atoms with Gasteiger partial charge < -0.3 is 19.8 Å². The molecule has 1 atom stereocenters. The molecule has 5 rings (SSSR count). The Labute approximate surface area is 183 Å². The Morgan fingerprint density at radius 2 is 1.94 bits per heavy atom. The highest BCUT2D eigenvalue weighted by Crippen LogP contribution is 2.44. The van der Waals surface area contributed by atoms with Crippen LogP contribution < -0.4 is 14.8 Å². The van der Waals surface area contributed by atoms with Crippen molar-refractivity contribution in [1.29, 1.82) is 0 Å². The van der Waals surface area contributed by atoms with Gasteiger partial charge in [-0.15, -0.1) is 0 Å².